The number of aliphatic imine (C=N–C) groups is 1. The van der Waals surface area contributed by atoms with Gasteiger partial charge in [0.15, 0.2) is 17.5 Å². The summed E-state index contributed by atoms with van der Waals surface area (Å²) in [6.07, 6.45) is 1.77. The van der Waals surface area contributed by atoms with Gasteiger partial charge in [0.05, 0.1) is 23.9 Å². The number of nitrogens with zero attached hydrogens (tertiary/aromatic N) is 2. The molecule has 0 amide bonds. The number of hydrogen-bond donors (Lipinski definition) is 2. The standard InChI is InChI=1S/C21H32N4O2S/c1-6-26-18-9-8-17(14-19(18)27-7-2)10-12-23-21(22-5)24-13-11-20-25-15(3)16(4)28-20/h8-9,14H,6-7,10-13H2,1-5H3,(H2,22,23,24). The summed E-state index contributed by atoms with van der Waals surface area (Å²) in [5.74, 6) is 2.41. The lowest BCUT2D eigenvalue weighted by Crippen LogP contribution is -2.39. The highest BCUT2D eigenvalue weighted by Gasteiger charge is 2.07. The van der Waals surface area contributed by atoms with Crippen LogP contribution in [0.15, 0.2) is 23.2 Å². The number of rotatable bonds is 10. The third-order valence-corrected chi connectivity index (χ3v) is 5.37. The maximum atomic E-state index is 5.70. The minimum Gasteiger partial charge on any atom is -0.490 e. The molecule has 1 heterocycles. The van der Waals surface area contributed by atoms with Crippen LogP contribution in [0.25, 0.3) is 0 Å². The maximum absolute atomic E-state index is 5.70. The molecule has 2 N–H and O–H groups in total. The van der Waals surface area contributed by atoms with Gasteiger partial charge in [-0.1, -0.05) is 6.07 Å². The summed E-state index contributed by atoms with van der Waals surface area (Å²) in [4.78, 5) is 10.2. The molecule has 154 valence electrons. The zero-order valence-electron chi connectivity index (χ0n) is 17.6. The van der Waals surface area contributed by atoms with Crippen LogP contribution in [0.3, 0.4) is 0 Å². The first kappa shape index (κ1) is 22.0. The Bertz CT molecular complexity index is 754. The van der Waals surface area contributed by atoms with E-state index in [1.54, 1.807) is 18.4 Å². The highest BCUT2D eigenvalue weighted by molar-refractivity contribution is 7.11. The van der Waals surface area contributed by atoms with Crippen molar-refractivity contribution in [1.29, 1.82) is 0 Å². The average molecular weight is 405 g/mol. The Labute approximate surface area is 172 Å². The summed E-state index contributed by atoms with van der Waals surface area (Å²) in [7, 11) is 1.79. The molecule has 0 atom stereocenters. The fraction of sp³-hybridized carbons (Fsp3) is 0.524. The molecule has 6 nitrogen and oxygen atoms in total. The molecule has 0 spiro atoms. The van der Waals surface area contributed by atoms with E-state index in [0.29, 0.717) is 13.2 Å². The van der Waals surface area contributed by atoms with Gasteiger partial charge in [0.2, 0.25) is 0 Å². The van der Waals surface area contributed by atoms with Crippen molar-refractivity contribution < 1.29 is 9.47 Å². The van der Waals surface area contributed by atoms with E-state index in [0.717, 1.165) is 54.1 Å². The van der Waals surface area contributed by atoms with Crippen LogP contribution in [0.5, 0.6) is 11.5 Å². The van der Waals surface area contributed by atoms with E-state index >= 15 is 0 Å². The average Bonchev–Trinajstić information content (AvgIpc) is 3.00. The van der Waals surface area contributed by atoms with E-state index in [4.69, 9.17) is 9.47 Å². The molecule has 1 aromatic heterocycles. The normalized spacial score (nSPS) is 11.4. The Balaban J connectivity index is 1.79. The van der Waals surface area contributed by atoms with E-state index in [-0.39, 0.29) is 0 Å². The summed E-state index contributed by atoms with van der Waals surface area (Å²) in [6, 6.07) is 6.12. The topological polar surface area (TPSA) is 67.8 Å². The van der Waals surface area contributed by atoms with Gasteiger partial charge in [0.1, 0.15) is 0 Å². The molecule has 2 aromatic rings. The smallest absolute Gasteiger partial charge is 0.191 e. The van der Waals surface area contributed by atoms with Crippen molar-refractivity contribution in [3.63, 3.8) is 0 Å². The molecule has 0 aliphatic carbocycles. The molecule has 0 saturated heterocycles. The quantitative estimate of drug-likeness (QED) is 0.469. The van der Waals surface area contributed by atoms with E-state index in [1.165, 1.54) is 10.4 Å². The molecule has 0 aliphatic rings. The lowest BCUT2D eigenvalue weighted by atomic mass is 10.1. The first-order chi connectivity index (χ1) is 13.6. The number of nitrogens with one attached hydrogen (secondary N) is 2. The first-order valence-electron chi connectivity index (χ1n) is 9.83. The number of hydrogen-bond acceptors (Lipinski definition) is 5. The summed E-state index contributed by atoms with van der Waals surface area (Å²) in [6.45, 7) is 11.0. The highest BCUT2D eigenvalue weighted by Crippen LogP contribution is 2.28. The van der Waals surface area contributed by atoms with Gasteiger partial charge >= 0.3 is 0 Å². The molecular weight excluding hydrogens is 372 g/mol. The minimum absolute atomic E-state index is 0.622. The second kappa shape index (κ2) is 11.5. The van der Waals surface area contributed by atoms with Crippen molar-refractivity contribution in [3.8, 4) is 11.5 Å². The molecule has 0 aliphatic heterocycles. The van der Waals surface area contributed by atoms with Gasteiger partial charge in [0.25, 0.3) is 0 Å². The van der Waals surface area contributed by atoms with Crippen LogP contribution in [0.4, 0.5) is 0 Å². The van der Waals surface area contributed by atoms with Crippen molar-refractivity contribution >= 4 is 17.3 Å². The SMILES string of the molecule is CCOc1ccc(CCNC(=NC)NCCc2nc(C)c(C)s2)cc1OCC. The Morgan fingerprint density at radius 1 is 1.04 bits per heavy atom. The van der Waals surface area contributed by atoms with Crippen LogP contribution in [0.2, 0.25) is 0 Å². The third-order valence-electron chi connectivity index (χ3n) is 4.24. The molecule has 0 fully saturated rings. The number of aromatic nitrogens is 1. The molecule has 0 unspecified atom stereocenters. The molecule has 1 aromatic carbocycles. The molecular formula is C21H32N4O2S. The van der Waals surface area contributed by atoms with Gasteiger partial charge in [0, 0.05) is 31.4 Å². The Morgan fingerprint density at radius 3 is 2.32 bits per heavy atom. The number of ether oxygens (including phenoxy) is 2. The van der Waals surface area contributed by atoms with Crippen LogP contribution in [0, 0.1) is 13.8 Å². The summed E-state index contributed by atoms with van der Waals surface area (Å²) in [5, 5.41) is 7.88. The number of benzene rings is 1. The van der Waals surface area contributed by atoms with Gasteiger partial charge in [-0.3, -0.25) is 4.99 Å². The molecule has 2 rings (SSSR count). The fourth-order valence-electron chi connectivity index (χ4n) is 2.73. The number of aryl methyl sites for hydroxylation is 2. The lowest BCUT2D eigenvalue weighted by molar-refractivity contribution is 0.287. The lowest BCUT2D eigenvalue weighted by Gasteiger charge is -2.14. The number of thiazole rings is 1. The van der Waals surface area contributed by atoms with E-state index in [1.807, 2.05) is 19.9 Å². The minimum atomic E-state index is 0.622. The second-order valence-electron chi connectivity index (χ2n) is 6.32. The van der Waals surface area contributed by atoms with Gasteiger partial charge < -0.3 is 20.1 Å². The monoisotopic (exact) mass is 404 g/mol. The van der Waals surface area contributed by atoms with Gasteiger partial charge in [-0.05, 0) is 51.8 Å². The second-order valence-corrected chi connectivity index (χ2v) is 7.61. The van der Waals surface area contributed by atoms with Crippen LogP contribution in [-0.4, -0.2) is 44.3 Å². The molecule has 0 bridgehead atoms. The first-order valence-corrected chi connectivity index (χ1v) is 10.6. The zero-order valence-corrected chi connectivity index (χ0v) is 18.4. The van der Waals surface area contributed by atoms with E-state index < -0.39 is 0 Å². The molecule has 7 heteroatoms. The van der Waals surface area contributed by atoms with Crippen LogP contribution in [-0.2, 0) is 12.8 Å². The van der Waals surface area contributed by atoms with Crippen LogP contribution < -0.4 is 20.1 Å². The van der Waals surface area contributed by atoms with Crippen molar-refractivity contribution in [1.82, 2.24) is 15.6 Å². The van der Waals surface area contributed by atoms with Gasteiger partial charge in [-0.15, -0.1) is 11.3 Å². The summed E-state index contributed by atoms with van der Waals surface area (Å²) in [5.41, 5.74) is 2.33. The Hall–Kier alpha value is -2.28. The van der Waals surface area contributed by atoms with Crippen molar-refractivity contribution in [2.24, 2.45) is 4.99 Å². The van der Waals surface area contributed by atoms with E-state index in [9.17, 15) is 0 Å². The number of guanidine groups is 1. The summed E-state index contributed by atoms with van der Waals surface area (Å²) < 4.78 is 11.3. The van der Waals surface area contributed by atoms with Crippen molar-refractivity contribution in [3.05, 3.63) is 39.3 Å². The van der Waals surface area contributed by atoms with Crippen molar-refractivity contribution in [2.45, 2.75) is 40.5 Å². The van der Waals surface area contributed by atoms with Gasteiger partial charge in [-0.25, -0.2) is 4.98 Å². The van der Waals surface area contributed by atoms with Crippen LogP contribution >= 0.6 is 11.3 Å². The predicted octanol–water partition coefficient (Wildman–Crippen LogP) is 3.51. The predicted molar refractivity (Wildman–Crippen MR) is 117 cm³/mol. The molecule has 28 heavy (non-hydrogen) atoms. The van der Waals surface area contributed by atoms with Crippen LogP contribution in [0.1, 0.15) is 35.0 Å². The van der Waals surface area contributed by atoms with Gasteiger partial charge in [-0.2, -0.15) is 0 Å². The molecule has 0 radical (unpaired) electrons. The Morgan fingerprint density at radius 2 is 1.71 bits per heavy atom. The molecule has 0 saturated carbocycles. The third kappa shape index (κ3) is 6.71. The maximum Gasteiger partial charge on any atom is 0.191 e. The van der Waals surface area contributed by atoms with E-state index in [2.05, 4.69) is 46.6 Å². The zero-order chi connectivity index (χ0) is 20.4. The Kier molecular flexibility index (Phi) is 9.07. The fourth-order valence-corrected chi connectivity index (χ4v) is 3.66. The highest BCUT2D eigenvalue weighted by atomic mass is 32.1. The largest absolute Gasteiger partial charge is 0.490 e. The van der Waals surface area contributed by atoms with Crippen molar-refractivity contribution in [2.75, 3.05) is 33.4 Å². The summed E-state index contributed by atoms with van der Waals surface area (Å²) >= 11 is 1.77.